The smallest absolute Gasteiger partial charge is 0.280 e. The second kappa shape index (κ2) is 5.90. The maximum absolute atomic E-state index is 13.3. The van der Waals surface area contributed by atoms with Gasteiger partial charge in [0.2, 0.25) is 0 Å². The summed E-state index contributed by atoms with van der Waals surface area (Å²) in [6, 6.07) is 1.39. The maximum Gasteiger partial charge on any atom is 0.280 e. The molecule has 3 heterocycles. The van der Waals surface area contributed by atoms with Gasteiger partial charge in [-0.25, -0.2) is 23.3 Å². The Balaban J connectivity index is 1.68. The summed E-state index contributed by atoms with van der Waals surface area (Å²) in [6.45, 7) is 0.276. The minimum atomic E-state index is -2.68. The van der Waals surface area contributed by atoms with E-state index >= 15 is 0 Å². The normalized spacial score (nSPS) is 14.5. The molecule has 9 heteroatoms. The first-order chi connectivity index (χ1) is 11.6. The highest BCUT2D eigenvalue weighted by atomic mass is 32.1. The van der Waals surface area contributed by atoms with Gasteiger partial charge in [-0.2, -0.15) is 5.10 Å². The molecular weight excluding hydrogens is 336 g/mol. The molecule has 0 unspecified atom stereocenters. The van der Waals surface area contributed by atoms with Crippen molar-refractivity contribution in [2.75, 3.05) is 0 Å². The molecule has 1 aliphatic carbocycles. The minimum Gasteiger partial charge on any atom is -0.345 e. The molecule has 4 rings (SSSR count). The molecule has 1 fully saturated rings. The third-order valence-electron chi connectivity index (χ3n) is 3.87. The number of aromatic nitrogens is 4. The van der Waals surface area contributed by atoms with Gasteiger partial charge in [0.05, 0.1) is 12.7 Å². The van der Waals surface area contributed by atoms with Crippen molar-refractivity contribution < 1.29 is 13.6 Å². The minimum absolute atomic E-state index is 0.173. The number of carbonyl (C=O) groups excluding carboxylic acids is 1. The lowest BCUT2D eigenvalue weighted by Gasteiger charge is -2.07. The van der Waals surface area contributed by atoms with Crippen molar-refractivity contribution in [2.45, 2.75) is 31.7 Å². The highest BCUT2D eigenvalue weighted by molar-refractivity contribution is 7.09. The summed E-state index contributed by atoms with van der Waals surface area (Å²) >= 11 is 1.43. The zero-order chi connectivity index (χ0) is 16.7. The Labute approximate surface area is 139 Å². The van der Waals surface area contributed by atoms with Gasteiger partial charge < -0.3 is 5.32 Å². The van der Waals surface area contributed by atoms with Gasteiger partial charge in [0.1, 0.15) is 16.3 Å². The highest BCUT2D eigenvalue weighted by Gasteiger charge is 2.29. The Morgan fingerprint density at radius 3 is 2.96 bits per heavy atom. The number of fused-ring (bicyclic) bond motifs is 1. The molecule has 3 aromatic rings. The number of hydrogen-bond acceptors (Lipinski definition) is 5. The van der Waals surface area contributed by atoms with Crippen LogP contribution in [-0.4, -0.2) is 25.5 Å². The quantitative estimate of drug-likeness (QED) is 0.769. The van der Waals surface area contributed by atoms with Crippen molar-refractivity contribution >= 4 is 22.9 Å². The fourth-order valence-corrected chi connectivity index (χ4v) is 3.06. The zero-order valence-electron chi connectivity index (χ0n) is 12.4. The second-order valence-electron chi connectivity index (χ2n) is 5.58. The van der Waals surface area contributed by atoms with Gasteiger partial charge >= 0.3 is 0 Å². The molecule has 0 spiro atoms. The van der Waals surface area contributed by atoms with Crippen molar-refractivity contribution in [3.8, 4) is 0 Å². The van der Waals surface area contributed by atoms with E-state index in [0.717, 1.165) is 22.4 Å². The molecule has 24 heavy (non-hydrogen) atoms. The molecule has 0 aromatic carbocycles. The van der Waals surface area contributed by atoms with Crippen LogP contribution < -0.4 is 5.32 Å². The predicted octanol–water partition coefficient (Wildman–Crippen LogP) is 2.93. The van der Waals surface area contributed by atoms with E-state index in [4.69, 9.17) is 0 Å². The molecular formula is C15H13F2N5OS. The Morgan fingerprint density at radius 1 is 1.46 bits per heavy atom. The first kappa shape index (κ1) is 15.1. The van der Waals surface area contributed by atoms with E-state index in [2.05, 4.69) is 20.4 Å². The highest BCUT2D eigenvalue weighted by Crippen LogP contribution is 2.40. The van der Waals surface area contributed by atoms with Crippen LogP contribution in [0.5, 0.6) is 0 Å². The number of amides is 1. The number of carbonyl (C=O) groups is 1. The van der Waals surface area contributed by atoms with E-state index in [1.165, 1.54) is 23.6 Å². The molecule has 0 bridgehead atoms. The van der Waals surface area contributed by atoms with Crippen molar-refractivity contribution in [3.63, 3.8) is 0 Å². The maximum atomic E-state index is 13.3. The molecule has 0 aliphatic heterocycles. The van der Waals surface area contributed by atoms with Gasteiger partial charge in [0.15, 0.2) is 5.65 Å². The van der Waals surface area contributed by atoms with Crippen LogP contribution in [0.15, 0.2) is 23.8 Å². The monoisotopic (exact) mass is 349 g/mol. The van der Waals surface area contributed by atoms with E-state index < -0.39 is 12.3 Å². The van der Waals surface area contributed by atoms with Crippen LogP contribution in [0.4, 0.5) is 8.78 Å². The van der Waals surface area contributed by atoms with E-state index in [1.807, 2.05) is 5.38 Å². The molecule has 0 radical (unpaired) electrons. The fraction of sp³-hybridized carbons (Fsp3) is 0.333. The molecule has 0 saturated heterocycles. The van der Waals surface area contributed by atoms with Gasteiger partial charge in [-0.05, 0) is 18.9 Å². The number of halogens is 2. The molecule has 1 saturated carbocycles. The van der Waals surface area contributed by atoms with Gasteiger partial charge in [-0.1, -0.05) is 0 Å². The van der Waals surface area contributed by atoms with E-state index in [-0.39, 0.29) is 29.4 Å². The third kappa shape index (κ3) is 2.75. The summed E-state index contributed by atoms with van der Waals surface area (Å²) in [4.78, 5) is 20.9. The number of rotatable bonds is 5. The first-order valence-corrected chi connectivity index (χ1v) is 8.34. The summed E-state index contributed by atoms with van der Waals surface area (Å²) in [5.74, 6) is -0.200. The van der Waals surface area contributed by atoms with Crippen molar-refractivity contribution in [1.29, 1.82) is 0 Å². The third-order valence-corrected chi connectivity index (χ3v) is 4.65. The predicted molar refractivity (Wildman–Crippen MR) is 83.2 cm³/mol. The lowest BCUT2D eigenvalue weighted by atomic mass is 10.2. The lowest BCUT2D eigenvalue weighted by Crippen LogP contribution is -2.22. The number of nitrogens with zero attached hydrogens (tertiary/aromatic N) is 4. The zero-order valence-corrected chi connectivity index (χ0v) is 13.3. The Bertz CT molecular complexity index is 889. The molecule has 124 valence electrons. The summed E-state index contributed by atoms with van der Waals surface area (Å²) < 4.78 is 27.7. The average Bonchev–Trinajstić information content (AvgIpc) is 3.12. The van der Waals surface area contributed by atoms with E-state index in [0.29, 0.717) is 5.69 Å². The molecule has 1 amide bonds. The Kier molecular flexibility index (Phi) is 3.72. The summed E-state index contributed by atoms with van der Waals surface area (Å²) in [7, 11) is 0. The number of nitrogens with one attached hydrogen (secondary N) is 1. The van der Waals surface area contributed by atoms with Gasteiger partial charge in [0, 0.05) is 23.2 Å². The average molecular weight is 349 g/mol. The van der Waals surface area contributed by atoms with Gasteiger partial charge in [0.25, 0.3) is 12.3 Å². The van der Waals surface area contributed by atoms with Crippen LogP contribution in [0.1, 0.15) is 51.9 Å². The van der Waals surface area contributed by atoms with E-state index in [1.54, 1.807) is 6.20 Å². The molecule has 1 aliphatic rings. The summed E-state index contributed by atoms with van der Waals surface area (Å²) in [5, 5.41) is 9.23. The second-order valence-corrected chi connectivity index (χ2v) is 6.56. The largest absolute Gasteiger partial charge is 0.345 e. The van der Waals surface area contributed by atoms with Crippen LogP contribution >= 0.6 is 11.3 Å². The SMILES string of the molecule is O=C(NCc1nccs1)c1cnn2c(C(F)F)cc(C3CC3)nc12. The fourth-order valence-electron chi connectivity index (χ4n) is 2.50. The van der Waals surface area contributed by atoms with Crippen molar-refractivity contribution in [2.24, 2.45) is 0 Å². The number of hydrogen-bond donors (Lipinski definition) is 1. The van der Waals surface area contributed by atoms with E-state index in [9.17, 15) is 13.6 Å². The lowest BCUT2D eigenvalue weighted by molar-refractivity contribution is 0.0952. The first-order valence-electron chi connectivity index (χ1n) is 7.47. The number of alkyl halides is 2. The van der Waals surface area contributed by atoms with Gasteiger partial charge in [-0.3, -0.25) is 4.79 Å². The van der Waals surface area contributed by atoms with Crippen LogP contribution in [0.2, 0.25) is 0 Å². The van der Waals surface area contributed by atoms with Crippen LogP contribution in [0.25, 0.3) is 5.65 Å². The molecule has 6 nitrogen and oxygen atoms in total. The van der Waals surface area contributed by atoms with Crippen LogP contribution in [0, 0.1) is 0 Å². The van der Waals surface area contributed by atoms with Crippen LogP contribution in [-0.2, 0) is 6.54 Å². The van der Waals surface area contributed by atoms with Gasteiger partial charge in [-0.15, -0.1) is 11.3 Å². The Morgan fingerprint density at radius 2 is 2.29 bits per heavy atom. The summed E-state index contributed by atoms with van der Waals surface area (Å²) in [6.07, 6.45) is 2.12. The number of thiazole rings is 1. The standard InChI is InChI=1S/C15H13F2N5OS/c16-13(17)11-5-10(8-1-2-8)21-14-9(6-20-22(11)14)15(23)19-7-12-18-3-4-24-12/h3-6,8,13H,1-2,7H2,(H,19,23). The van der Waals surface area contributed by atoms with Crippen molar-refractivity contribution in [1.82, 2.24) is 24.9 Å². The summed E-state index contributed by atoms with van der Waals surface area (Å²) in [5.41, 5.74) is 0.732. The molecule has 0 atom stereocenters. The molecule has 1 N–H and O–H groups in total. The van der Waals surface area contributed by atoms with Crippen LogP contribution in [0.3, 0.4) is 0 Å². The Hall–Kier alpha value is -2.42. The topological polar surface area (TPSA) is 72.2 Å². The molecule has 3 aromatic heterocycles. The van der Waals surface area contributed by atoms with Crippen molar-refractivity contribution in [3.05, 3.63) is 45.8 Å².